The summed E-state index contributed by atoms with van der Waals surface area (Å²) in [4.78, 5) is 13.4. The van der Waals surface area contributed by atoms with Crippen LogP contribution in [0.25, 0.3) is 0 Å². The predicted octanol–water partition coefficient (Wildman–Crippen LogP) is 1.73. The molecule has 1 amide bonds. The van der Waals surface area contributed by atoms with Crippen molar-refractivity contribution in [1.82, 2.24) is 4.90 Å². The van der Waals surface area contributed by atoms with E-state index in [4.69, 9.17) is 9.47 Å². The third-order valence-corrected chi connectivity index (χ3v) is 2.87. The number of rotatable bonds is 0. The minimum Gasteiger partial charge on any atom is -0.444 e. The fourth-order valence-corrected chi connectivity index (χ4v) is 2.23. The Morgan fingerprint density at radius 1 is 1.44 bits per heavy atom. The van der Waals surface area contributed by atoms with E-state index >= 15 is 0 Å². The smallest absolute Gasteiger partial charge is 0.411 e. The lowest BCUT2D eigenvalue weighted by molar-refractivity contribution is -0.0420. The Bertz CT molecular complexity index is 289. The molecule has 5 heteroatoms. The third kappa shape index (κ3) is 2.14. The molecule has 2 aliphatic rings. The van der Waals surface area contributed by atoms with Gasteiger partial charge >= 0.3 is 6.09 Å². The second-order valence-corrected chi connectivity index (χ2v) is 5.40. The maximum Gasteiger partial charge on any atom is 0.411 e. The lowest BCUT2D eigenvalue weighted by Gasteiger charge is -2.35. The maximum atomic E-state index is 13.6. The fourth-order valence-electron chi connectivity index (χ4n) is 2.23. The average molecular weight is 231 g/mol. The first-order chi connectivity index (χ1) is 7.38. The van der Waals surface area contributed by atoms with Gasteiger partial charge in [-0.1, -0.05) is 0 Å². The van der Waals surface area contributed by atoms with Crippen molar-refractivity contribution in [2.75, 3.05) is 13.2 Å². The van der Waals surface area contributed by atoms with Crippen LogP contribution >= 0.6 is 0 Å². The van der Waals surface area contributed by atoms with Gasteiger partial charge in [-0.2, -0.15) is 0 Å². The van der Waals surface area contributed by atoms with Gasteiger partial charge in [0.15, 0.2) is 0 Å². The molecule has 2 rings (SSSR count). The molecule has 2 fully saturated rings. The van der Waals surface area contributed by atoms with E-state index in [1.165, 1.54) is 4.90 Å². The van der Waals surface area contributed by atoms with Crippen molar-refractivity contribution < 1.29 is 18.7 Å². The van der Waals surface area contributed by atoms with Gasteiger partial charge in [0.05, 0.1) is 25.3 Å². The molecule has 2 heterocycles. The quantitative estimate of drug-likeness (QED) is 0.637. The van der Waals surface area contributed by atoms with Gasteiger partial charge in [0.2, 0.25) is 0 Å². The van der Waals surface area contributed by atoms with E-state index in [-0.39, 0.29) is 12.6 Å². The van der Waals surface area contributed by atoms with Crippen molar-refractivity contribution in [3.63, 3.8) is 0 Å². The average Bonchev–Trinajstić information content (AvgIpc) is 2.31. The van der Waals surface area contributed by atoms with Crippen LogP contribution in [0, 0.1) is 0 Å². The number of fused-ring (bicyclic) bond motifs is 2. The summed E-state index contributed by atoms with van der Waals surface area (Å²) in [7, 11) is 0. The first kappa shape index (κ1) is 11.6. The van der Waals surface area contributed by atoms with Crippen LogP contribution in [0.3, 0.4) is 0 Å². The van der Waals surface area contributed by atoms with Gasteiger partial charge in [0, 0.05) is 6.42 Å². The lowest BCUT2D eigenvalue weighted by Crippen LogP contribution is -2.52. The van der Waals surface area contributed by atoms with Gasteiger partial charge < -0.3 is 9.47 Å². The van der Waals surface area contributed by atoms with Gasteiger partial charge in [0.25, 0.3) is 0 Å². The van der Waals surface area contributed by atoms with Crippen molar-refractivity contribution >= 4 is 6.09 Å². The molecular formula is C11H18FNO3. The summed E-state index contributed by atoms with van der Waals surface area (Å²) in [5.74, 6) is 0. The number of halogens is 1. The molecule has 16 heavy (non-hydrogen) atoms. The van der Waals surface area contributed by atoms with E-state index in [9.17, 15) is 9.18 Å². The molecule has 3 atom stereocenters. The van der Waals surface area contributed by atoms with E-state index in [1.807, 2.05) is 0 Å². The van der Waals surface area contributed by atoms with E-state index in [1.54, 1.807) is 20.8 Å². The van der Waals surface area contributed by atoms with E-state index in [2.05, 4.69) is 0 Å². The number of carbonyl (C=O) groups is 1. The highest BCUT2D eigenvalue weighted by molar-refractivity contribution is 5.70. The van der Waals surface area contributed by atoms with Gasteiger partial charge in [-0.05, 0) is 20.8 Å². The number of hydrogen-bond donors (Lipinski definition) is 0. The Morgan fingerprint density at radius 3 is 2.69 bits per heavy atom. The summed E-state index contributed by atoms with van der Waals surface area (Å²) in [6.45, 7) is 6.10. The van der Waals surface area contributed by atoms with Gasteiger partial charge in [0.1, 0.15) is 11.8 Å². The normalized spacial score (nSPS) is 34.0. The van der Waals surface area contributed by atoms with Crippen LogP contribution in [0.2, 0.25) is 0 Å². The Balaban J connectivity index is 2.07. The zero-order valence-corrected chi connectivity index (χ0v) is 9.90. The van der Waals surface area contributed by atoms with Crippen LogP contribution in [0.4, 0.5) is 9.18 Å². The van der Waals surface area contributed by atoms with Gasteiger partial charge in [-0.25, -0.2) is 9.18 Å². The number of alkyl halides is 1. The Kier molecular flexibility index (Phi) is 2.82. The van der Waals surface area contributed by atoms with Crippen molar-refractivity contribution in [3.05, 3.63) is 0 Å². The molecule has 0 aromatic heterocycles. The molecule has 0 radical (unpaired) electrons. The number of ether oxygens (including phenoxy) is 2. The zero-order chi connectivity index (χ0) is 11.9. The molecule has 2 saturated heterocycles. The van der Waals surface area contributed by atoms with Crippen LogP contribution in [0.15, 0.2) is 0 Å². The summed E-state index contributed by atoms with van der Waals surface area (Å²) in [5, 5.41) is 0. The molecule has 0 N–H and O–H groups in total. The molecule has 0 spiro atoms. The summed E-state index contributed by atoms with van der Waals surface area (Å²) in [6.07, 6.45) is -1.05. The molecule has 92 valence electrons. The molecule has 0 aromatic rings. The first-order valence-corrected chi connectivity index (χ1v) is 5.61. The highest BCUT2D eigenvalue weighted by Gasteiger charge is 2.48. The summed E-state index contributed by atoms with van der Waals surface area (Å²) < 4.78 is 24.1. The minimum atomic E-state index is -0.986. The first-order valence-electron chi connectivity index (χ1n) is 5.61. The van der Waals surface area contributed by atoms with E-state index in [0.717, 1.165) is 0 Å². The monoisotopic (exact) mass is 231 g/mol. The van der Waals surface area contributed by atoms with Crippen LogP contribution in [-0.2, 0) is 9.47 Å². The van der Waals surface area contributed by atoms with Crippen LogP contribution in [-0.4, -0.2) is 48.1 Å². The maximum absolute atomic E-state index is 13.6. The molecular weight excluding hydrogens is 213 g/mol. The summed E-state index contributed by atoms with van der Waals surface area (Å²) in [5.41, 5.74) is -0.541. The molecule has 4 nitrogen and oxygen atoms in total. The molecule has 0 aliphatic carbocycles. The SMILES string of the molecule is CC(C)(C)OC(=O)N1C2COCC1C(F)C2. The Hall–Kier alpha value is -0.840. The molecule has 3 unspecified atom stereocenters. The number of nitrogens with zero attached hydrogens (tertiary/aromatic N) is 1. The third-order valence-electron chi connectivity index (χ3n) is 2.87. The van der Waals surface area contributed by atoms with Crippen LogP contribution < -0.4 is 0 Å². The molecule has 2 aliphatic heterocycles. The highest BCUT2D eigenvalue weighted by atomic mass is 19.1. The fraction of sp³-hybridized carbons (Fsp3) is 0.909. The topological polar surface area (TPSA) is 38.8 Å². The van der Waals surface area contributed by atoms with Gasteiger partial charge in [-0.3, -0.25) is 4.90 Å². The standard InChI is InChI=1S/C11H18FNO3/c1-11(2,3)16-10(14)13-7-4-8(12)9(13)6-15-5-7/h7-9H,4-6H2,1-3H3. The van der Waals surface area contributed by atoms with Crippen LogP contribution in [0.5, 0.6) is 0 Å². The van der Waals surface area contributed by atoms with Gasteiger partial charge in [-0.15, -0.1) is 0 Å². The second-order valence-electron chi connectivity index (χ2n) is 5.40. The zero-order valence-electron chi connectivity index (χ0n) is 9.90. The highest BCUT2D eigenvalue weighted by Crippen LogP contribution is 2.32. The number of carbonyl (C=O) groups excluding carboxylic acids is 1. The van der Waals surface area contributed by atoms with E-state index in [0.29, 0.717) is 13.0 Å². The Morgan fingerprint density at radius 2 is 2.12 bits per heavy atom. The number of amides is 1. The molecule has 0 aromatic carbocycles. The Labute approximate surface area is 94.7 Å². The molecule has 2 bridgehead atoms. The van der Waals surface area contributed by atoms with Crippen molar-refractivity contribution in [2.24, 2.45) is 0 Å². The van der Waals surface area contributed by atoms with Crippen molar-refractivity contribution in [3.8, 4) is 0 Å². The second kappa shape index (κ2) is 3.87. The van der Waals surface area contributed by atoms with Crippen LogP contribution in [0.1, 0.15) is 27.2 Å². The number of morpholine rings is 1. The van der Waals surface area contributed by atoms with Crippen molar-refractivity contribution in [1.29, 1.82) is 0 Å². The summed E-state index contributed by atoms with van der Waals surface area (Å²) in [6, 6.07) is -0.628. The number of hydrogen-bond acceptors (Lipinski definition) is 3. The predicted molar refractivity (Wildman–Crippen MR) is 56.0 cm³/mol. The van der Waals surface area contributed by atoms with Crippen molar-refractivity contribution in [2.45, 2.75) is 51.0 Å². The largest absolute Gasteiger partial charge is 0.444 e. The molecule has 0 saturated carbocycles. The minimum absolute atomic E-state index is 0.163. The lowest BCUT2D eigenvalue weighted by atomic mass is 10.2. The summed E-state index contributed by atoms with van der Waals surface area (Å²) >= 11 is 0. The van der Waals surface area contributed by atoms with E-state index < -0.39 is 23.9 Å².